The molecule has 0 bridgehead atoms. The van der Waals surface area contributed by atoms with E-state index in [1.165, 1.54) is 24.3 Å². The molecule has 6 nitrogen and oxygen atoms in total. The molecule has 0 saturated carbocycles. The van der Waals surface area contributed by atoms with Crippen molar-refractivity contribution in [2.24, 2.45) is 5.92 Å². The van der Waals surface area contributed by atoms with Gasteiger partial charge in [-0.1, -0.05) is 0 Å². The molecule has 2 aromatic carbocycles. The van der Waals surface area contributed by atoms with Crippen LogP contribution in [-0.4, -0.2) is 27.5 Å². The third-order valence-corrected chi connectivity index (χ3v) is 5.29. The van der Waals surface area contributed by atoms with E-state index in [9.17, 15) is 22.0 Å². The number of sulfonamides is 1. The molecular formula is C17H16F2N2O4S. The Hall–Kier alpha value is -2.52. The van der Waals surface area contributed by atoms with E-state index < -0.39 is 26.6 Å². The van der Waals surface area contributed by atoms with Crippen LogP contribution in [0.2, 0.25) is 0 Å². The zero-order chi connectivity index (χ0) is 18.7. The number of nitrogens with one attached hydrogen (secondary N) is 2. The maximum absolute atomic E-state index is 13.2. The molecule has 1 aliphatic rings. The Morgan fingerprint density at radius 2 is 1.73 bits per heavy atom. The summed E-state index contributed by atoms with van der Waals surface area (Å²) >= 11 is 0. The molecule has 0 spiro atoms. The van der Waals surface area contributed by atoms with Crippen LogP contribution in [0.1, 0.15) is 6.42 Å². The van der Waals surface area contributed by atoms with Crippen molar-refractivity contribution < 1.29 is 26.7 Å². The lowest BCUT2D eigenvalue weighted by atomic mass is 10.1. The quantitative estimate of drug-likeness (QED) is 0.833. The number of amides is 1. The summed E-state index contributed by atoms with van der Waals surface area (Å²) in [6.45, 7) is 0.945. The number of carbonyl (C=O) groups excluding carboxylic acids is 1. The highest BCUT2D eigenvalue weighted by Crippen LogP contribution is 2.21. The van der Waals surface area contributed by atoms with E-state index in [-0.39, 0.29) is 17.5 Å². The van der Waals surface area contributed by atoms with Gasteiger partial charge in [-0.05, 0) is 48.9 Å². The number of rotatable bonds is 5. The van der Waals surface area contributed by atoms with Crippen LogP contribution in [0, 0.1) is 17.6 Å². The van der Waals surface area contributed by atoms with Gasteiger partial charge in [-0.25, -0.2) is 17.2 Å². The number of carbonyl (C=O) groups is 1. The second-order valence-electron chi connectivity index (χ2n) is 5.81. The predicted octanol–water partition coefficient (Wildman–Crippen LogP) is 2.74. The van der Waals surface area contributed by atoms with Gasteiger partial charge in [0, 0.05) is 18.0 Å². The Bertz CT molecular complexity index is 911. The highest BCUT2D eigenvalue weighted by Gasteiger charge is 2.23. The van der Waals surface area contributed by atoms with Crippen molar-refractivity contribution in [3.63, 3.8) is 0 Å². The summed E-state index contributed by atoms with van der Waals surface area (Å²) in [7, 11) is -4.06. The first-order valence-corrected chi connectivity index (χ1v) is 9.30. The Kier molecular flexibility index (Phi) is 5.19. The standard InChI is InChI=1S/C17H16F2N2O4S/c18-15-6-5-14(9-16(15)19)26(23,24)21-13-3-1-12(2-4-13)20-17(22)11-7-8-25-10-11/h1-6,9,11,21H,7-8,10H2,(H,20,22). The molecule has 0 aromatic heterocycles. The third-order valence-electron chi connectivity index (χ3n) is 3.91. The first kappa shape index (κ1) is 18.3. The van der Waals surface area contributed by atoms with Gasteiger partial charge < -0.3 is 10.1 Å². The van der Waals surface area contributed by atoms with Crippen molar-refractivity contribution >= 4 is 27.3 Å². The van der Waals surface area contributed by atoms with Gasteiger partial charge in [-0.15, -0.1) is 0 Å². The predicted molar refractivity (Wildman–Crippen MR) is 91.2 cm³/mol. The van der Waals surface area contributed by atoms with Gasteiger partial charge in [0.25, 0.3) is 10.0 Å². The summed E-state index contributed by atoms with van der Waals surface area (Å²) in [6, 6.07) is 8.31. The van der Waals surface area contributed by atoms with Crippen molar-refractivity contribution in [2.45, 2.75) is 11.3 Å². The summed E-state index contributed by atoms with van der Waals surface area (Å²) in [5, 5.41) is 2.73. The molecule has 1 fully saturated rings. The van der Waals surface area contributed by atoms with Crippen molar-refractivity contribution in [3.05, 3.63) is 54.1 Å². The molecule has 1 amide bonds. The van der Waals surface area contributed by atoms with Gasteiger partial charge in [0.2, 0.25) is 5.91 Å². The van der Waals surface area contributed by atoms with Crippen molar-refractivity contribution in [1.29, 1.82) is 0 Å². The minimum absolute atomic E-state index is 0.155. The normalized spacial score (nSPS) is 17.1. The number of halogens is 2. The molecule has 2 aromatic rings. The largest absolute Gasteiger partial charge is 0.381 e. The molecule has 26 heavy (non-hydrogen) atoms. The first-order valence-electron chi connectivity index (χ1n) is 7.82. The average Bonchev–Trinajstić information content (AvgIpc) is 3.13. The Labute approximate surface area is 149 Å². The monoisotopic (exact) mass is 382 g/mol. The first-order chi connectivity index (χ1) is 12.3. The van der Waals surface area contributed by atoms with E-state index in [4.69, 9.17) is 4.74 Å². The van der Waals surface area contributed by atoms with Crippen LogP contribution in [0.15, 0.2) is 47.4 Å². The van der Waals surface area contributed by atoms with Crippen LogP contribution >= 0.6 is 0 Å². The highest BCUT2D eigenvalue weighted by molar-refractivity contribution is 7.92. The topological polar surface area (TPSA) is 84.5 Å². The van der Waals surface area contributed by atoms with Gasteiger partial charge in [0.15, 0.2) is 11.6 Å². The van der Waals surface area contributed by atoms with Crippen molar-refractivity contribution in [2.75, 3.05) is 23.3 Å². The molecule has 9 heteroatoms. The van der Waals surface area contributed by atoms with E-state index in [0.717, 1.165) is 12.1 Å². The number of hydrogen-bond donors (Lipinski definition) is 2. The number of ether oxygens (including phenoxy) is 1. The molecule has 138 valence electrons. The summed E-state index contributed by atoms with van der Waals surface area (Å²) in [5.74, 6) is -2.72. The summed E-state index contributed by atoms with van der Waals surface area (Å²) in [4.78, 5) is 11.6. The second kappa shape index (κ2) is 7.38. The maximum atomic E-state index is 13.2. The molecule has 1 unspecified atom stereocenters. The highest BCUT2D eigenvalue weighted by atomic mass is 32.2. The van der Waals surface area contributed by atoms with Gasteiger partial charge in [0.1, 0.15) is 0 Å². The van der Waals surface area contributed by atoms with Crippen molar-refractivity contribution in [3.8, 4) is 0 Å². The molecule has 0 aliphatic carbocycles. The molecule has 1 atom stereocenters. The van der Waals surface area contributed by atoms with E-state index in [2.05, 4.69) is 10.0 Å². The number of anilines is 2. The molecular weight excluding hydrogens is 366 g/mol. The minimum atomic E-state index is -4.06. The molecule has 1 heterocycles. The fourth-order valence-electron chi connectivity index (χ4n) is 2.47. The van der Waals surface area contributed by atoms with E-state index in [0.29, 0.717) is 31.4 Å². The molecule has 1 aliphatic heterocycles. The SMILES string of the molecule is O=C(Nc1ccc(NS(=O)(=O)c2ccc(F)c(F)c2)cc1)C1CCOC1. The zero-order valence-corrected chi connectivity index (χ0v) is 14.4. The maximum Gasteiger partial charge on any atom is 0.261 e. The lowest BCUT2D eigenvalue weighted by Crippen LogP contribution is -2.22. The lowest BCUT2D eigenvalue weighted by molar-refractivity contribution is -0.119. The van der Waals surface area contributed by atoms with Crippen LogP contribution in [0.25, 0.3) is 0 Å². The van der Waals surface area contributed by atoms with Crippen LogP contribution in [0.3, 0.4) is 0 Å². The molecule has 3 rings (SSSR count). The van der Waals surface area contributed by atoms with Gasteiger partial charge in [0.05, 0.1) is 17.4 Å². The Morgan fingerprint density at radius 1 is 1.04 bits per heavy atom. The van der Waals surface area contributed by atoms with E-state index in [1.54, 1.807) is 0 Å². The Morgan fingerprint density at radius 3 is 2.35 bits per heavy atom. The lowest BCUT2D eigenvalue weighted by Gasteiger charge is -2.11. The fraction of sp³-hybridized carbons (Fsp3) is 0.235. The summed E-state index contributed by atoms with van der Waals surface area (Å²) < 4.78 is 58.0. The van der Waals surface area contributed by atoms with E-state index in [1.807, 2.05) is 0 Å². The summed E-state index contributed by atoms with van der Waals surface area (Å²) in [5.41, 5.74) is 0.731. The molecule has 2 N–H and O–H groups in total. The second-order valence-corrected chi connectivity index (χ2v) is 7.49. The van der Waals surface area contributed by atoms with Gasteiger partial charge >= 0.3 is 0 Å². The zero-order valence-electron chi connectivity index (χ0n) is 13.5. The van der Waals surface area contributed by atoms with Gasteiger partial charge in [-0.2, -0.15) is 0 Å². The van der Waals surface area contributed by atoms with E-state index >= 15 is 0 Å². The average molecular weight is 382 g/mol. The smallest absolute Gasteiger partial charge is 0.261 e. The minimum Gasteiger partial charge on any atom is -0.381 e. The summed E-state index contributed by atoms with van der Waals surface area (Å²) in [6.07, 6.45) is 0.665. The van der Waals surface area contributed by atoms with Crippen LogP contribution in [0.5, 0.6) is 0 Å². The third kappa shape index (κ3) is 4.17. The van der Waals surface area contributed by atoms with Crippen LogP contribution < -0.4 is 10.0 Å². The van der Waals surface area contributed by atoms with Crippen molar-refractivity contribution in [1.82, 2.24) is 0 Å². The van der Waals surface area contributed by atoms with Gasteiger partial charge in [-0.3, -0.25) is 9.52 Å². The fourth-order valence-corrected chi connectivity index (χ4v) is 3.54. The molecule has 1 saturated heterocycles. The van der Waals surface area contributed by atoms with Crippen LogP contribution in [0.4, 0.5) is 20.2 Å². The van der Waals surface area contributed by atoms with Crippen LogP contribution in [-0.2, 0) is 19.6 Å². The Balaban J connectivity index is 1.68. The number of benzene rings is 2. The number of hydrogen-bond acceptors (Lipinski definition) is 4. The molecule has 0 radical (unpaired) electrons.